The molecule has 22 heavy (non-hydrogen) atoms. The van der Waals surface area contributed by atoms with E-state index in [-0.39, 0.29) is 18.1 Å². The number of carboxylic acid groups (broad SMARTS) is 1. The molecule has 2 amide bonds. The van der Waals surface area contributed by atoms with Gasteiger partial charge in [-0.15, -0.1) is 6.58 Å². The molecule has 0 spiro atoms. The molecule has 2 rings (SSSR count). The minimum absolute atomic E-state index is 0.0155. The fraction of sp³-hybridized carbons (Fsp3) is 0.750. The molecule has 2 atom stereocenters. The van der Waals surface area contributed by atoms with Gasteiger partial charge in [0, 0.05) is 13.1 Å². The third kappa shape index (κ3) is 4.47. The minimum Gasteiger partial charge on any atom is -0.480 e. The number of amides is 2. The third-order valence-electron chi connectivity index (χ3n) is 4.55. The van der Waals surface area contributed by atoms with Gasteiger partial charge in [0.1, 0.15) is 6.04 Å². The lowest BCUT2D eigenvalue weighted by molar-refractivity contribution is -0.141. The summed E-state index contributed by atoms with van der Waals surface area (Å²) in [4.78, 5) is 25.4. The first-order valence-electron chi connectivity index (χ1n) is 8.12. The van der Waals surface area contributed by atoms with Crippen molar-refractivity contribution in [3.8, 4) is 0 Å². The van der Waals surface area contributed by atoms with Gasteiger partial charge >= 0.3 is 12.0 Å². The van der Waals surface area contributed by atoms with E-state index in [1.807, 2.05) is 0 Å². The van der Waals surface area contributed by atoms with Crippen LogP contribution >= 0.6 is 0 Å². The second-order valence-electron chi connectivity index (χ2n) is 6.14. The summed E-state index contributed by atoms with van der Waals surface area (Å²) in [6, 6.07) is -1.07. The summed E-state index contributed by atoms with van der Waals surface area (Å²) in [7, 11) is 0. The van der Waals surface area contributed by atoms with Crippen molar-refractivity contribution in [3.63, 3.8) is 0 Å². The van der Waals surface area contributed by atoms with E-state index in [0.717, 1.165) is 38.5 Å². The summed E-state index contributed by atoms with van der Waals surface area (Å²) in [5.74, 6) is -0.885. The van der Waals surface area contributed by atoms with Crippen LogP contribution in [0.4, 0.5) is 4.79 Å². The van der Waals surface area contributed by atoms with Gasteiger partial charge in [-0.25, -0.2) is 9.59 Å². The Morgan fingerprint density at radius 3 is 2.68 bits per heavy atom. The molecule has 2 fully saturated rings. The molecule has 1 heterocycles. The van der Waals surface area contributed by atoms with Gasteiger partial charge in [-0.2, -0.15) is 0 Å². The molecular weight excluding hydrogens is 284 g/mol. The average Bonchev–Trinajstić information content (AvgIpc) is 3.00. The summed E-state index contributed by atoms with van der Waals surface area (Å²) in [5.41, 5.74) is 0. The van der Waals surface area contributed by atoms with Crippen LogP contribution in [-0.2, 0) is 9.53 Å². The molecule has 124 valence electrons. The van der Waals surface area contributed by atoms with Gasteiger partial charge in [0.05, 0.1) is 12.7 Å². The molecule has 0 aromatic rings. The van der Waals surface area contributed by atoms with Crippen molar-refractivity contribution in [1.29, 1.82) is 0 Å². The quantitative estimate of drug-likeness (QED) is 0.736. The summed E-state index contributed by atoms with van der Waals surface area (Å²) < 4.78 is 5.55. The lowest BCUT2D eigenvalue weighted by Gasteiger charge is -2.29. The van der Waals surface area contributed by atoms with Crippen LogP contribution in [0.25, 0.3) is 0 Å². The number of carboxylic acids is 1. The fourth-order valence-corrected chi connectivity index (χ4v) is 3.33. The summed E-state index contributed by atoms with van der Waals surface area (Å²) in [5, 5.41) is 12.1. The Kier molecular flexibility index (Phi) is 6.24. The van der Waals surface area contributed by atoms with E-state index < -0.39 is 12.0 Å². The standard InChI is InChI=1S/C16H26N2O4/c1-2-10-22-13-8-9-18(11-13)16(21)17-14(15(19)20)12-6-4-3-5-7-12/h2,12-14H,1,3-11H2,(H,17,21)(H,19,20)/t13-,14+/m1/s1. The van der Waals surface area contributed by atoms with E-state index in [1.165, 1.54) is 0 Å². The van der Waals surface area contributed by atoms with Gasteiger partial charge in [-0.05, 0) is 25.2 Å². The predicted octanol–water partition coefficient (Wildman–Crippen LogP) is 2.01. The number of aliphatic carboxylic acids is 1. The van der Waals surface area contributed by atoms with Gasteiger partial charge in [-0.1, -0.05) is 25.3 Å². The zero-order valence-corrected chi connectivity index (χ0v) is 13.0. The van der Waals surface area contributed by atoms with Crippen molar-refractivity contribution in [1.82, 2.24) is 10.2 Å². The number of carbonyl (C=O) groups is 2. The van der Waals surface area contributed by atoms with Crippen LogP contribution in [0.3, 0.4) is 0 Å². The zero-order valence-electron chi connectivity index (χ0n) is 13.0. The second-order valence-corrected chi connectivity index (χ2v) is 6.14. The number of nitrogens with one attached hydrogen (secondary N) is 1. The molecule has 0 radical (unpaired) electrons. The first-order valence-corrected chi connectivity index (χ1v) is 8.12. The van der Waals surface area contributed by atoms with Crippen LogP contribution in [0.15, 0.2) is 12.7 Å². The maximum Gasteiger partial charge on any atom is 0.326 e. The first-order chi connectivity index (χ1) is 10.6. The molecule has 0 aromatic carbocycles. The number of hydrogen-bond donors (Lipinski definition) is 2. The van der Waals surface area contributed by atoms with Gasteiger partial charge in [-0.3, -0.25) is 0 Å². The van der Waals surface area contributed by atoms with Gasteiger partial charge in [0.2, 0.25) is 0 Å². The molecule has 1 aliphatic carbocycles. The molecule has 6 heteroatoms. The van der Waals surface area contributed by atoms with Crippen LogP contribution in [0.5, 0.6) is 0 Å². The molecule has 0 bridgehead atoms. The lowest BCUT2D eigenvalue weighted by atomic mass is 9.84. The Balaban J connectivity index is 1.86. The Bertz CT molecular complexity index is 407. The van der Waals surface area contributed by atoms with Crippen molar-refractivity contribution in [2.75, 3.05) is 19.7 Å². The highest BCUT2D eigenvalue weighted by atomic mass is 16.5. The molecule has 2 N–H and O–H groups in total. The summed E-state index contributed by atoms with van der Waals surface area (Å²) in [6.07, 6.45) is 7.49. The van der Waals surface area contributed by atoms with E-state index in [4.69, 9.17) is 4.74 Å². The van der Waals surface area contributed by atoms with E-state index in [0.29, 0.717) is 19.7 Å². The number of urea groups is 1. The molecule has 6 nitrogen and oxygen atoms in total. The largest absolute Gasteiger partial charge is 0.480 e. The van der Waals surface area contributed by atoms with Crippen LogP contribution in [0, 0.1) is 5.92 Å². The molecular formula is C16H26N2O4. The van der Waals surface area contributed by atoms with Crippen LogP contribution in [0.1, 0.15) is 38.5 Å². The number of nitrogens with zero attached hydrogens (tertiary/aromatic N) is 1. The molecule has 1 aliphatic heterocycles. The maximum absolute atomic E-state index is 12.3. The highest BCUT2D eigenvalue weighted by Crippen LogP contribution is 2.27. The van der Waals surface area contributed by atoms with E-state index in [2.05, 4.69) is 11.9 Å². The number of rotatable bonds is 6. The monoisotopic (exact) mass is 310 g/mol. The summed E-state index contributed by atoms with van der Waals surface area (Å²) >= 11 is 0. The summed E-state index contributed by atoms with van der Waals surface area (Å²) in [6.45, 7) is 5.19. The van der Waals surface area contributed by atoms with E-state index >= 15 is 0 Å². The number of carbonyl (C=O) groups excluding carboxylic acids is 1. The first kappa shape index (κ1) is 16.8. The highest BCUT2D eigenvalue weighted by Gasteiger charge is 2.34. The zero-order chi connectivity index (χ0) is 15.9. The molecule has 1 saturated heterocycles. The molecule has 0 aromatic heterocycles. The van der Waals surface area contributed by atoms with Crippen molar-refractivity contribution in [2.45, 2.75) is 50.7 Å². The Morgan fingerprint density at radius 1 is 1.32 bits per heavy atom. The average molecular weight is 310 g/mol. The van der Waals surface area contributed by atoms with Crippen molar-refractivity contribution >= 4 is 12.0 Å². The number of likely N-dealkylation sites (tertiary alicyclic amines) is 1. The smallest absolute Gasteiger partial charge is 0.326 e. The number of ether oxygens (including phenoxy) is 1. The predicted molar refractivity (Wildman–Crippen MR) is 82.7 cm³/mol. The lowest BCUT2D eigenvalue weighted by Crippen LogP contribution is -2.51. The normalized spacial score (nSPS) is 24.0. The van der Waals surface area contributed by atoms with Gasteiger partial charge < -0.3 is 20.1 Å². The van der Waals surface area contributed by atoms with Crippen LogP contribution < -0.4 is 5.32 Å². The van der Waals surface area contributed by atoms with Gasteiger partial charge in [0.15, 0.2) is 0 Å². The van der Waals surface area contributed by atoms with Gasteiger partial charge in [0.25, 0.3) is 0 Å². The molecule has 0 unspecified atom stereocenters. The van der Waals surface area contributed by atoms with Crippen LogP contribution in [0.2, 0.25) is 0 Å². The Morgan fingerprint density at radius 2 is 2.05 bits per heavy atom. The highest BCUT2D eigenvalue weighted by molar-refractivity contribution is 5.83. The third-order valence-corrected chi connectivity index (χ3v) is 4.55. The topological polar surface area (TPSA) is 78.9 Å². The molecule has 1 saturated carbocycles. The molecule has 2 aliphatic rings. The number of hydrogen-bond acceptors (Lipinski definition) is 3. The van der Waals surface area contributed by atoms with Crippen molar-refractivity contribution in [2.24, 2.45) is 5.92 Å². The Hall–Kier alpha value is -1.56. The van der Waals surface area contributed by atoms with Crippen molar-refractivity contribution < 1.29 is 19.4 Å². The fourth-order valence-electron chi connectivity index (χ4n) is 3.33. The Labute approximate surface area is 131 Å². The minimum atomic E-state index is -0.932. The van der Waals surface area contributed by atoms with Crippen LogP contribution in [-0.4, -0.2) is 53.8 Å². The SMILES string of the molecule is C=CCO[C@@H]1CCN(C(=O)N[C@H](C(=O)O)C2CCCCC2)C1. The van der Waals surface area contributed by atoms with E-state index in [9.17, 15) is 14.7 Å². The second kappa shape index (κ2) is 8.17. The van der Waals surface area contributed by atoms with E-state index in [1.54, 1.807) is 11.0 Å². The van der Waals surface area contributed by atoms with Crippen molar-refractivity contribution in [3.05, 3.63) is 12.7 Å². The maximum atomic E-state index is 12.3.